The molecule has 0 saturated carbocycles. The van der Waals surface area contributed by atoms with Gasteiger partial charge in [0.05, 0.1) is 30.3 Å². The van der Waals surface area contributed by atoms with Gasteiger partial charge in [0.2, 0.25) is 0 Å². The number of nitrogens with zero attached hydrogens (tertiary/aromatic N) is 1. The Morgan fingerprint density at radius 1 is 1.44 bits per heavy atom. The first-order valence-electron chi connectivity index (χ1n) is 5.65. The molecule has 0 rings (SSSR count). The third kappa shape index (κ3) is 6.73. The summed E-state index contributed by atoms with van der Waals surface area (Å²) in [6.45, 7) is 7.34. The summed E-state index contributed by atoms with van der Waals surface area (Å²) in [7, 11) is -0.462. The smallest absolute Gasteiger partial charge is 0.250 e. The van der Waals surface area contributed by atoms with E-state index in [1.165, 1.54) is 0 Å². The monoisotopic (exact) mass is 278 g/mol. The summed E-state index contributed by atoms with van der Waals surface area (Å²) in [4.78, 5) is 11.4. The van der Waals surface area contributed by atoms with Crippen molar-refractivity contribution in [3.8, 4) is 0 Å². The molecule has 18 heavy (non-hydrogen) atoms. The van der Waals surface area contributed by atoms with Crippen LogP contribution in [0.4, 0.5) is 0 Å². The molecule has 0 saturated heterocycles. The lowest BCUT2D eigenvalue weighted by Crippen LogP contribution is -2.54. The van der Waals surface area contributed by atoms with E-state index in [0.29, 0.717) is 16.7 Å². The summed E-state index contributed by atoms with van der Waals surface area (Å²) in [6, 6.07) is -0.0563. The van der Waals surface area contributed by atoms with Crippen molar-refractivity contribution in [2.45, 2.75) is 26.3 Å². The van der Waals surface area contributed by atoms with E-state index in [-0.39, 0.29) is 24.1 Å². The zero-order valence-electron chi connectivity index (χ0n) is 11.4. The highest BCUT2D eigenvalue weighted by Crippen LogP contribution is 2.10. The Kier molecular flexibility index (Phi) is 5.98. The molecule has 0 radical (unpaired) electrons. The molecule has 0 aromatic rings. The Morgan fingerprint density at radius 3 is 2.33 bits per heavy atom. The first-order valence-corrected chi connectivity index (χ1v) is 7.23. The highest BCUT2D eigenvalue weighted by Gasteiger charge is 2.24. The number of hydrogen-bond acceptors (Lipinski definition) is 4. The molecule has 1 atom stereocenters. The fraction of sp³-hybridized carbons (Fsp3) is 0.727. The number of quaternary nitrogens is 1. The quantitative estimate of drug-likeness (QED) is 0.308. The molecule has 0 fully saturated rings. The standard InChI is InChI=1S/C11H22N2O4S/c1-9(2)11(14)12-8-13(4,5)10(3)6-7-18(15,16)17/h10H,1,6-8H2,2-5H3,(H-,12,14,15,16,17). The van der Waals surface area contributed by atoms with Gasteiger partial charge in [0.15, 0.2) is 6.67 Å². The Balaban J connectivity index is 4.35. The van der Waals surface area contributed by atoms with Crippen molar-refractivity contribution in [3.63, 3.8) is 0 Å². The van der Waals surface area contributed by atoms with Crippen LogP contribution in [0.1, 0.15) is 20.3 Å². The van der Waals surface area contributed by atoms with Crippen molar-refractivity contribution in [3.05, 3.63) is 12.2 Å². The van der Waals surface area contributed by atoms with E-state index in [0.717, 1.165) is 0 Å². The molecule has 0 aliphatic heterocycles. The summed E-state index contributed by atoms with van der Waals surface area (Å²) in [5.41, 5.74) is 0.421. The van der Waals surface area contributed by atoms with Gasteiger partial charge in [-0.3, -0.25) is 4.79 Å². The molecule has 1 unspecified atom stereocenters. The summed E-state index contributed by atoms with van der Waals surface area (Å²) < 4.78 is 32.1. The van der Waals surface area contributed by atoms with E-state index >= 15 is 0 Å². The molecule has 0 bridgehead atoms. The average Bonchev–Trinajstić information content (AvgIpc) is 2.21. The van der Waals surface area contributed by atoms with Gasteiger partial charge in [-0.15, -0.1) is 0 Å². The molecule has 0 heterocycles. The van der Waals surface area contributed by atoms with Gasteiger partial charge in [-0.2, -0.15) is 0 Å². The second-order valence-electron chi connectivity index (χ2n) is 5.12. The second kappa shape index (κ2) is 6.31. The van der Waals surface area contributed by atoms with E-state index in [2.05, 4.69) is 11.9 Å². The van der Waals surface area contributed by atoms with Gasteiger partial charge in [0, 0.05) is 17.7 Å². The lowest BCUT2D eigenvalue weighted by molar-refractivity contribution is -0.914. The summed E-state index contributed by atoms with van der Waals surface area (Å²) in [5, 5.41) is 2.71. The molecule has 1 N–H and O–H groups in total. The van der Waals surface area contributed by atoms with Gasteiger partial charge in [-0.05, 0) is 13.8 Å². The van der Waals surface area contributed by atoms with Crippen LogP contribution in [-0.2, 0) is 14.9 Å². The van der Waals surface area contributed by atoms with Gasteiger partial charge >= 0.3 is 0 Å². The van der Waals surface area contributed by atoms with E-state index < -0.39 is 10.1 Å². The van der Waals surface area contributed by atoms with Crippen LogP contribution in [0.2, 0.25) is 0 Å². The molecular formula is C11H22N2O4S. The zero-order valence-corrected chi connectivity index (χ0v) is 12.2. The first-order chi connectivity index (χ1) is 7.96. The van der Waals surface area contributed by atoms with Crippen LogP contribution >= 0.6 is 0 Å². The van der Waals surface area contributed by atoms with Crippen molar-refractivity contribution in [2.75, 3.05) is 26.5 Å². The van der Waals surface area contributed by atoms with E-state index in [1.807, 2.05) is 21.0 Å². The topological polar surface area (TPSA) is 86.3 Å². The lowest BCUT2D eigenvalue weighted by Gasteiger charge is -2.36. The number of rotatable bonds is 7. The molecule has 0 aliphatic carbocycles. The van der Waals surface area contributed by atoms with Crippen LogP contribution < -0.4 is 5.32 Å². The van der Waals surface area contributed by atoms with Crippen LogP contribution in [0.25, 0.3) is 0 Å². The van der Waals surface area contributed by atoms with Crippen LogP contribution in [-0.4, -0.2) is 55.9 Å². The maximum Gasteiger partial charge on any atom is 0.250 e. The zero-order chi connectivity index (χ0) is 14.6. The molecule has 106 valence electrons. The van der Waals surface area contributed by atoms with Crippen molar-refractivity contribution in [1.82, 2.24) is 5.32 Å². The van der Waals surface area contributed by atoms with Crippen molar-refractivity contribution < 1.29 is 22.2 Å². The average molecular weight is 278 g/mol. The maximum absolute atomic E-state index is 11.4. The minimum absolute atomic E-state index is 0.0563. The maximum atomic E-state index is 11.4. The van der Waals surface area contributed by atoms with E-state index in [1.54, 1.807) is 6.92 Å². The van der Waals surface area contributed by atoms with Crippen LogP contribution in [0, 0.1) is 0 Å². The molecular weight excluding hydrogens is 256 g/mol. The number of carbonyl (C=O) groups excluding carboxylic acids is 1. The molecule has 0 aromatic carbocycles. The molecule has 0 aromatic heterocycles. The Labute approximate surface area is 109 Å². The minimum Gasteiger partial charge on any atom is -0.748 e. The van der Waals surface area contributed by atoms with Crippen molar-refractivity contribution in [2.24, 2.45) is 0 Å². The van der Waals surface area contributed by atoms with Gasteiger partial charge in [-0.25, -0.2) is 8.42 Å². The number of hydrogen-bond donors (Lipinski definition) is 1. The van der Waals surface area contributed by atoms with Crippen LogP contribution in [0.3, 0.4) is 0 Å². The van der Waals surface area contributed by atoms with Crippen molar-refractivity contribution >= 4 is 16.0 Å². The van der Waals surface area contributed by atoms with E-state index in [4.69, 9.17) is 0 Å². The molecule has 0 spiro atoms. The predicted molar refractivity (Wildman–Crippen MR) is 68.6 cm³/mol. The molecule has 6 nitrogen and oxygen atoms in total. The summed E-state index contributed by atoms with van der Waals surface area (Å²) in [5.74, 6) is -0.616. The summed E-state index contributed by atoms with van der Waals surface area (Å²) >= 11 is 0. The molecule has 1 amide bonds. The Morgan fingerprint density at radius 2 is 1.94 bits per heavy atom. The minimum atomic E-state index is -4.19. The molecule has 0 aliphatic rings. The number of nitrogens with one attached hydrogen (secondary N) is 1. The third-order valence-corrected chi connectivity index (χ3v) is 3.75. The van der Waals surface area contributed by atoms with Gasteiger partial charge in [0.25, 0.3) is 5.91 Å². The number of carbonyl (C=O) groups is 1. The number of amides is 1. The normalized spacial score (nSPS) is 14.1. The SMILES string of the molecule is C=C(C)C(=O)NC[N+](C)(C)C(C)CCS(=O)(=O)[O-]. The van der Waals surface area contributed by atoms with Gasteiger partial charge < -0.3 is 14.4 Å². The Hall–Kier alpha value is -0.920. The first kappa shape index (κ1) is 17.1. The lowest BCUT2D eigenvalue weighted by atomic mass is 10.2. The van der Waals surface area contributed by atoms with E-state index in [9.17, 15) is 17.8 Å². The Bertz CT molecular complexity index is 415. The fourth-order valence-electron chi connectivity index (χ4n) is 1.25. The fourth-order valence-corrected chi connectivity index (χ4v) is 1.88. The second-order valence-corrected chi connectivity index (χ2v) is 6.65. The highest BCUT2D eigenvalue weighted by atomic mass is 32.2. The van der Waals surface area contributed by atoms with Gasteiger partial charge in [0.1, 0.15) is 0 Å². The third-order valence-electron chi connectivity index (χ3n) is 3.01. The largest absolute Gasteiger partial charge is 0.748 e. The predicted octanol–water partition coefficient (Wildman–Crippen LogP) is 0.0364. The highest BCUT2D eigenvalue weighted by molar-refractivity contribution is 7.85. The van der Waals surface area contributed by atoms with Crippen molar-refractivity contribution in [1.29, 1.82) is 0 Å². The van der Waals surface area contributed by atoms with Crippen LogP contribution in [0.15, 0.2) is 12.2 Å². The van der Waals surface area contributed by atoms with Crippen LogP contribution in [0.5, 0.6) is 0 Å². The molecule has 7 heteroatoms. The summed E-state index contributed by atoms with van der Waals surface area (Å²) in [6.07, 6.45) is 0.266. The van der Waals surface area contributed by atoms with Gasteiger partial charge in [-0.1, -0.05) is 6.58 Å².